The standard InChI is InChI=1S/C16H15N5O/c1-11-3-6-14(9-12(11)2)18-16(22)13-4-7-15(8-5-13)21-10-17-19-20-21/h3-10H,1-2H3,(H,18,22). The minimum absolute atomic E-state index is 0.147. The predicted octanol–water partition coefficient (Wildman–Crippen LogP) is 2.53. The molecule has 6 nitrogen and oxygen atoms in total. The van der Waals surface area contributed by atoms with E-state index in [1.807, 2.05) is 32.0 Å². The maximum Gasteiger partial charge on any atom is 0.255 e. The van der Waals surface area contributed by atoms with Gasteiger partial charge in [0.05, 0.1) is 5.69 Å². The van der Waals surface area contributed by atoms with Gasteiger partial charge < -0.3 is 5.32 Å². The Morgan fingerprint density at radius 2 is 1.82 bits per heavy atom. The fourth-order valence-corrected chi connectivity index (χ4v) is 2.07. The van der Waals surface area contributed by atoms with Crippen LogP contribution in [0.25, 0.3) is 5.69 Å². The van der Waals surface area contributed by atoms with Gasteiger partial charge >= 0.3 is 0 Å². The van der Waals surface area contributed by atoms with E-state index in [2.05, 4.69) is 20.8 Å². The lowest BCUT2D eigenvalue weighted by Crippen LogP contribution is -2.12. The molecule has 3 rings (SSSR count). The number of aromatic nitrogens is 4. The molecular weight excluding hydrogens is 278 g/mol. The summed E-state index contributed by atoms with van der Waals surface area (Å²) in [5, 5.41) is 13.9. The lowest BCUT2D eigenvalue weighted by Gasteiger charge is -2.08. The van der Waals surface area contributed by atoms with Gasteiger partial charge in [-0.15, -0.1) is 5.10 Å². The summed E-state index contributed by atoms with van der Waals surface area (Å²) in [5.74, 6) is -0.147. The van der Waals surface area contributed by atoms with Crippen LogP contribution in [0.5, 0.6) is 0 Å². The summed E-state index contributed by atoms with van der Waals surface area (Å²) in [4.78, 5) is 12.2. The third kappa shape index (κ3) is 2.85. The normalized spacial score (nSPS) is 10.5. The average Bonchev–Trinajstić information content (AvgIpc) is 3.05. The van der Waals surface area contributed by atoms with Crippen LogP contribution in [0.3, 0.4) is 0 Å². The quantitative estimate of drug-likeness (QED) is 0.805. The molecular formula is C16H15N5O. The molecule has 6 heteroatoms. The second kappa shape index (κ2) is 5.77. The fourth-order valence-electron chi connectivity index (χ4n) is 2.07. The lowest BCUT2D eigenvalue weighted by molar-refractivity contribution is 0.102. The van der Waals surface area contributed by atoms with Crippen molar-refractivity contribution in [2.24, 2.45) is 0 Å². The van der Waals surface area contributed by atoms with E-state index in [4.69, 9.17) is 0 Å². The van der Waals surface area contributed by atoms with Crippen LogP contribution >= 0.6 is 0 Å². The number of nitrogens with one attached hydrogen (secondary N) is 1. The molecule has 0 aliphatic rings. The van der Waals surface area contributed by atoms with E-state index in [0.717, 1.165) is 16.9 Å². The number of aryl methyl sites for hydroxylation is 2. The first-order valence-electron chi connectivity index (χ1n) is 6.85. The highest BCUT2D eigenvalue weighted by molar-refractivity contribution is 6.04. The van der Waals surface area contributed by atoms with Crippen molar-refractivity contribution in [3.63, 3.8) is 0 Å². The van der Waals surface area contributed by atoms with E-state index >= 15 is 0 Å². The zero-order valence-corrected chi connectivity index (χ0v) is 12.3. The van der Waals surface area contributed by atoms with Gasteiger partial charge in [-0.2, -0.15) is 0 Å². The van der Waals surface area contributed by atoms with Crippen molar-refractivity contribution < 1.29 is 4.79 Å². The first-order valence-corrected chi connectivity index (χ1v) is 6.85. The van der Waals surface area contributed by atoms with Crippen LogP contribution in [0.15, 0.2) is 48.8 Å². The number of hydrogen-bond acceptors (Lipinski definition) is 4. The van der Waals surface area contributed by atoms with Crippen molar-refractivity contribution >= 4 is 11.6 Å². The molecule has 0 aliphatic heterocycles. The number of carbonyl (C=O) groups excluding carboxylic acids is 1. The number of carbonyl (C=O) groups is 1. The first kappa shape index (κ1) is 13.9. The Bertz CT molecular complexity index is 794. The maximum atomic E-state index is 12.2. The maximum absolute atomic E-state index is 12.2. The summed E-state index contributed by atoms with van der Waals surface area (Å²) in [6.45, 7) is 4.06. The molecule has 2 aromatic carbocycles. The van der Waals surface area contributed by atoms with Crippen molar-refractivity contribution in [3.05, 3.63) is 65.5 Å². The van der Waals surface area contributed by atoms with Gasteiger partial charge in [0, 0.05) is 11.3 Å². The van der Waals surface area contributed by atoms with E-state index in [9.17, 15) is 4.79 Å². The number of rotatable bonds is 3. The molecule has 3 aromatic rings. The summed E-state index contributed by atoms with van der Waals surface area (Å²) in [6.07, 6.45) is 1.50. The van der Waals surface area contributed by atoms with E-state index in [1.165, 1.54) is 16.6 Å². The Balaban J connectivity index is 1.76. The SMILES string of the molecule is Cc1ccc(NC(=O)c2ccc(-n3cnnn3)cc2)cc1C. The predicted molar refractivity (Wildman–Crippen MR) is 83.0 cm³/mol. The van der Waals surface area contributed by atoms with Crippen LogP contribution in [0.2, 0.25) is 0 Å². The van der Waals surface area contributed by atoms with E-state index < -0.39 is 0 Å². The molecule has 0 radical (unpaired) electrons. The van der Waals surface area contributed by atoms with Crippen molar-refractivity contribution in [3.8, 4) is 5.69 Å². The highest BCUT2D eigenvalue weighted by Gasteiger charge is 2.07. The molecule has 0 unspecified atom stereocenters. The summed E-state index contributed by atoms with van der Waals surface area (Å²) >= 11 is 0. The number of tetrazole rings is 1. The monoisotopic (exact) mass is 293 g/mol. The highest BCUT2D eigenvalue weighted by Crippen LogP contribution is 2.16. The highest BCUT2D eigenvalue weighted by atomic mass is 16.1. The Hall–Kier alpha value is -3.02. The van der Waals surface area contributed by atoms with Crippen molar-refractivity contribution in [2.45, 2.75) is 13.8 Å². The minimum atomic E-state index is -0.147. The number of amides is 1. The molecule has 1 aromatic heterocycles. The molecule has 22 heavy (non-hydrogen) atoms. The molecule has 0 saturated carbocycles. The van der Waals surface area contributed by atoms with Crippen molar-refractivity contribution in [1.29, 1.82) is 0 Å². The van der Waals surface area contributed by atoms with E-state index in [-0.39, 0.29) is 5.91 Å². The summed E-state index contributed by atoms with van der Waals surface area (Å²) in [5.41, 5.74) is 4.51. The second-order valence-corrected chi connectivity index (χ2v) is 5.05. The molecule has 1 heterocycles. The van der Waals surface area contributed by atoms with Gasteiger partial charge in [-0.1, -0.05) is 6.07 Å². The molecule has 0 fully saturated rings. The van der Waals surface area contributed by atoms with Crippen LogP contribution in [-0.4, -0.2) is 26.1 Å². The molecule has 1 amide bonds. The number of nitrogens with zero attached hydrogens (tertiary/aromatic N) is 4. The van der Waals surface area contributed by atoms with Crippen LogP contribution < -0.4 is 5.32 Å². The van der Waals surface area contributed by atoms with Crippen molar-refractivity contribution in [2.75, 3.05) is 5.32 Å². The Morgan fingerprint density at radius 1 is 1.05 bits per heavy atom. The molecule has 0 bridgehead atoms. The number of anilines is 1. The van der Waals surface area contributed by atoms with Crippen LogP contribution in [0, 0.1) is 13.8 Å². The van der Waals surface area contributed by atoms with Crippen LogP contribution in [-0.2, 0) is 0 Å². The van der Waals surface area contributed by atoms with Gasteiger partial charge in [0.15, 0.2) is 0 Å². The van der Waals surface area contributed by atoms with Crippen LogP contribution in [0.4, 0.5) is 5.69 Å². The topological polar surface area (TPSA) is 72.7 Å². The third-order valence-electron chi connectivity index (χ3n) is 3.51. The summed E-state index contributed by atoms with van der Waals surface area (Å²) < 4.78 is 1.53. The largest absolute Gasteiger partial charge is 0.322 e. The Kier molecular flexibility index (Phi) is 3.65. The lowest BCUT2D eigenvalue weighted by atomic mass is 10.1. The Morgan fingerprint density at radius 3 is 2.45 bits per heavy atom. The molecule has 0 atom stereocenters. The van der Waals surface area contributed by atoms with Gasteiger partial charge in [0.2, 0.25) is 0 Å². The van der Waals surface area contributed by atoms with Gasteiger partial charge in [-0.3, -0.25) is 4.79 Å². The summed E-state index contributed by atoms with van der Waals surface area (Å²) in [7, 11) is 0. The minimum Gasteiger partial charge on any atom is -0.322 e. The smallest absolute Gasteiger partial charge is 0.255 e. The van der Waals surface area contributed by atoms with E-state index in [1.54, 1.807) is 24.3 Å². The van der Waals surface area contributed by atoms with Gasteiger partial charge in [-0.05, 0) is 71.8 Å². The molecule has 110 valence electrons. The fraction of sp³-hybridized carbons (Fsp3) is 0.125. The second-order valence-electron chi connectivity index (χ2n) is 5.05. The molecule has 1 N–H and O–H groups in total. The first-order chi connectivity index (χ1) is 10.6. The van der Waals surface area contributed by atoms with Gasteiger partial charge in [0.1, 0.15) is 6.33 Å². The zero-order chi connectivity index (χ0) is 15.5. The van der Waals surface area contributed by atoms with Gasteiger partial charge in [0.25, 0.3) is 5.91 Å². The third-order valence-corrected chi connectivity index (χ3v) is 3.51. The Labute approximate surface area is 127 Å². The average molecular weight is 293 g/mol. The van der Waals surface area contributed by atoms with Crippen LogP contribution in [0.1, 0.15) is 21.5 Å². The zero-order valence-electron chi connectivity index (χ0n) is 12.3. The molecule has 0 spiro atoms. The van der Waals surface area contributed by atoms with E-state index in [0.29, 0.717) is 5.56 Å². The van der Waals surface area contributed by atoms with Crippen molar-refractivity contribution in [1.82, 2.24) is 20.2 Å². The number of hydrogen-bond donors (Lipinski definition) is 1. The summed E-state index contributed by atoms with van der Waals surface area (Å²) in [6, 6.07) is 12.9. The molecule has 0 aliphatic carbocycles. The number of benzene rings is 2. The van der Waals surface area contributed by atoms with Gasteiger partial charge in [-0.25, -0.2) is 4.68 Å². The molecule has 0 saturated heterocycles.